The van der Waals surface area contributed by atoms with Crippen molar-refractivity contribution in [1.29, 1.82) is 0 Å². The van der Waals surface area contributed by atoms with Gasteiger partial charge in [0.1, 0.15) is 11.4 Å². The van der Waals surface area contributed by atoms with Crippen LogP contribution in [0, 0.1) is 4.91 Å². The van der Waals surface area contributed by atoms with Crippen LogP contribution in [0.25, 0.3) is 0 Å². The number of hydrogen-bond donors (Lipinski definition) is 2. The van der Waals surface area contributed by atoms with Gasteiger partial charge in [-0.15, -0.1) is 4.91 Å². The molecule has 0 aromatic heterocycles. The molecule has 0 bridgehead atoms. The van der Waals surface area contributed by atoms with Crippen molar-refractivity contribution in [2.24, 2.45) is 5.18 Å². The molecular weight excluding hydrogens is 220 g/mol. The molecule has 0 aliphatic carbocycles. The summed E-state index contributed by atoms with van der Waals surface area (Å²) >= 11 is 0. The van der Waals surface area contributed by atoms with Gasteiger partial charge in [0.25, 0.3) is 0 Å². The molecule has 0 fully saturated rings. The van der Waals surface area contributed by atoms with Gasteiger partial charge in [-0.05, 0) is 29.4 Å². The predicted octanol–water partition coefficient (Wildman–Crippen LogP) is 3.64. The van der Waals surface area contributed by atoms with E-state index < -0.39 is 0 Å². The number of anilines is 2. The minimum absolute atomic E-state index is 0.124. The van der Waals surface area contributed by atoms with Crippen LogP contribution in [0.2, 0.25) is 0 Å². The first kappa shape index (κ1) is 9.65. The number of rotatable bonds is 1. The van der Waals surface area contributed by atoms with E-state index in [-0.39, 0.29) is 5.75 Å². The molecule has 0 unspecified atom stereocenters. The molecule has 2 aromatic carbocycles. The van der Waals surface area contributed by atoms with Crippen LogP contribution in [0.5, 0.6) is 17.2 Å². The van der Waals surface area contributed by atoms with Crippen molar-refractivity contribution >= 4 is 17.1 Å². The molecule has 0 atom stereocenters. The van der Waals surface area contributed by atoms with E-state index >= 15 is 0 Å². The number of phenols is 1. The average molecular weight is 228 g/mol. The lowest BCUT2D eigenvalue weighted by molar-refractivity contribution is 0.454. The maximum Gasteiger partial charge on any atom is 0.154 e. The predicted molar refractivity (Wildman–Crippen MR) is 63.4 cm³/mol. The molecule has 0 spiro atoms. The van der Waals surface area contributed by atoms with Crippen molar-refractivity contribution in [3.63, 3.8) is 0 Å². The van der Waals surface area contributed by atoms with Crippen LogP contribution in [0.3, 0.4) is 0 Å². The minimum Gasteiger partial charge on any atom is -0.508 e. The Labute approximate surface area is 96.6 Å². The monoisotopic (exact) mass is 228 g/mol. The van der Waals surface area contributed by atoms with Crippen LogP contribution >= 0.6 is 0 Å². The van der Waals surface area contributed by atoms with Gasteiger partial charge in [0.05, 0.1) is 11.4 Å². The summed E-state index contributed by atoms with van der Waals surface area (Å²) in [6, 6.07) is 9.67. The molecule has 84 valence electrons. The number of benzene rings is 2. The Balaban J connectivity index is 2.07. The lowest BCUT2D eigenvalue weighted by Gasteiger charge is -2.21. The fraction of sp³-hybridized carbons (Fsp3) is 0. The van der Waals surface area contributed by atoms with E-state index in [0.717, 1.165) is 11.4 Å². The van der Waals surface area contributed by atoms with Gasteiger partial charge in [0.15, 0.2) is 11.5 Å². The van der Waals surface area contributed by atoms with Crippen molar-refractivity contribution in [2.45, 2.75) is 0 Å². The Bertz CT molecular complexity index is 611. The molecule has 0 amide bonds. The largest absolute Gasteiger partial charge is 0.508 e. The summed E-state index contributed by atoms with van der Waals surface area (Å²) < 4.78 is 5.58. The fourth-order valence-electron chi connectivity index (χ4n) is 1.72. The molecule has 5 heteroatoms. The molecule has 1 aliphatic rings. The molecule has 17 heavy (non-hydrogen) atoms. The number of fused-ring (bicyclic) bond motifs is 2. The van der Waals surface area contributed by atoms with Gasteiger partial charge in [-0.25, -0.2) is 0 Å². The minimum atomic E-state index is 0.124. The van der Waals surface area contributed by atoms with Crippen molar-refractivity contribution < 1.29 is 9.84 Å². The Morgan fingerprint density at radius 2 is 1.76 bits per heavy atom. The molecule has 3 rings (SSSR count). The zero-order valence-corrected chi connectivity index (χ0v) is 8.68. The van der Waals surface area contributed by atoms with Crippen LogP contribution < -0.4 is 10.1 Å². The Kier molecular flexibility index (Phi) is 1.98. The maximum atomic E-state index is 10.4. The third kappa shape index (κ3) is 1.57. The van der Waals surface area contributed by atoms with Gasteiger partial charge in [-0.2, -0.15) is 0 Å². The number of hydrogen-bond acceptors (Lipinski definition) is 5. The number of aromatic hydroxyl groups is 1. The third-order valence-corrected chi connectivity index (χ3v) is 2.53. The van der Waals surface area contributed by atoms with Crippen molar-refractivity contribution in [3.05, 3.63) is 41.3 Å². The van der Waals surface area contributed by atoms with Crippen LogP contribution in [0.4, 0.5) is 17.1 Å². The highest BCUT2D eigenvalue weighted by atomic mass is 16.5. The second kappa shape index (κ2) is 3.48. The zero-order chi connectivity index (χ0) is 11.8. The van der Waals surface area contributed by atoms with Gasteiger partial charge in [-0.1, -0.05) is 0 Å². The highest BCUT2D eigenvalue weighted by Gasteiger charge is 2.17. The molecule has 2 N–H and O–H groups in total. The Morgan fingerprint density at radius 1 is 1.06 bits per heavy atom. The van der Waals surface area contributed by atoms with Crippen molar-refractivity contribution in [1.82, 2.24) is 0 Å². The van der Waals surface area contributed by atoms with Gasteiger partial charge in [0, 0.05) is 12.1 Å². The highest BCUT2D eigenvalue weighted by molar-refractivity contribution is 5.77. The first-order valence-electron chi connectivity index (χ1n) is 5.01. The number of nitrogens with zero attached hydrogens (tertiary/aromatic N) is 1. The smallest absolute Gasteiger partial charge is 0.154 e. The van der Waals surface area contributed by atoms with Crippen LogP contribution in [-0.2, 0) is 0 Å². The second-order valence-electron chi connectivity index (χ2n) is 3.68. The van der Waals surface area contributed by atoms with E-state index in [0.29, 0.717) is 17.2 Å². The zero-order valence-electron chi connectivity index (χ0n) is 8.68. The number of ether oxygens (including phenoxy) is 1. The molecule has 0 saturated heterocycles. The van der Waals surface area contributed by atoms with Gasteiger partial charge >= 0.3 is 0 Å². The summed E-state index contributed by atoms with van der Waals surface area (Å²) in [5, 5.41) is 15.3. The van der Waals surface area contributed by atoms with Crippen molar-refractivity contribution in [2.75, 3.05) is 5.32 Å². The van der Waals surface area contributed by atoms with Crippen LogP contribution in [-0.4, -0.2) is 5.11 Å². The molecular formula is C12H8N2O3. The van der Waals surface area contributed by atoms with Gasteiger partial charge in [0.2, 0.25) is 0 Å². The van der Waals surface area contributed by atoms with E-state index in [1.165, 1.54) is 6.07 Å². The van der Waals surface area contributed by atoms with E-state index in [2.05, 4.69) is 10.5 Å². The van der Waals surface area contributed by atoms with Gasteiger partial charge < -0.3 is 15.2 Å². The summed E-state index contributed by atoms with van der Waals surface area (Å²) in [5.74, 6) is 1.15. The van der Waals surface area contributed by atoms with Crippen molar-refractivity contribution in [3.8, 4) is 17.2 Å². The normalized spacial score (nSPS) is 11.8. The molecule has 0 radical (unpaired) electrons. The highest BCUT2D eigenvalue weighted by Crippen LogP contribution is 2.44. The Hall–Kier alpha value is -2.56. The summed E-state index contributed by atoms with van der Waals surface area (Å²) in [6.45, 7) is 0. The topological polar surface area (TPSA) is 70.9 Å². The maximum absolute atomic E-state index is 10.4. The number of phenolic OH excluding ortho intramolecular Hbond substituents is 1. The number of nitroso groups, excluding NO2 is 1. The summed E-state index contributed by atoms with van der Waals surface area (Å²) in [5.41, 5.74) is 1.83. The quantitative estimate of drug-likeness (QED) is 0.492. The molecule has 1 aliphatic heterocycles. The molecule has 0 saturated carbocycles. The first-order valence-corrected chi connectivity index (χ1v) is 5.01. The van der Waals surface area contributed by atoms with E-state index in [4.69, 9.17) is 4.74 Å². The van der Waals surface area contributed by atoms with E-state index in [1.807, 2.05) is 0 Å². The number of nitrogens with one attached hydrogen (secondary N) is 1. The lowest BCUT2D eigenvalue weighted by Crippen LogP contribution is -2.02. The standard InChI is InChI=1S/C12H8N2O3/c15-8-2-4-10-12(6-8)17-11-5-7(14-16)1-3-9(11)13-10/h1-6,13,15H. The summed E-state index contributed by atoms with van der Waals surface area (Å²) in [4.78, 5) is 10.4. The second-order valence-corrected chi connectivity index (χ2v) is 3.68. The fourth-order valence-corrected chi connectivity index (χ4v) is 1.72. The Morgan fingerprint density at radius 3 is 2.53 bits per heavy atom. The van der Waals surface area contributed by atoms with E-state index in [1.54, 1.807) is 30.3 Å². The van der Waals surface area contributed by atoms with Crippen LogP contribution in [0.1, 0.15) is 0 Å². The third-order valence-electron chi connectivity index (χ3n) is 2.53. The first-order chi connectivity index (χ1) is 8.26. The molecule has 2 aromatic rings. The summed E-state index contributed by atoms with van der Waals surface area (Å²) in [6.07, 6.45) is 0. The lowest BCUT2D eigenvalue weighted by atomic mass is 10.2. The van der Waals surface area contributed by atoms with Gasteiger partial charge in [-0.3, -0.25) is 0 Å². The average Bonchev–Trinajstić information content (AvgIpc) is 2.35. The molecule has 5 nitrogen and oxygen atoms in total. The molecule has 1 heterocycles. The summed E-state index contributed by atoms with van der Waals surface area (Å²) in [7, 11) is 0. The SMILES string of the molecule is O=Nc1ccc2c(c1)Oc1cc(O)ccc1N2. The van der Waals surface area contributed by atoms with E-state index in [9.17, 15) is 10.0 Å². The van der Waals surface area contributed by atoms with Crippen LogP contribution in [0.15, 0.2) is 41.6 Å².